The Bertz CT molecular complexity index is 2070. The van der Waals surface area contributed by atoms with Crippen molar-refractivity contribution in [2.45, 2.75) is 46.1 Å². The van der Waals surface area contributed by atoms with Crippen LogP contribution in [-0.4, -0.2) is 47.7 Å². The van der Waals surface area contributed by atoms with E-state index in [2.05, 4.69) is 26.1 Å². The summed E-state index contributed by atoms with van der Waals surface area (Å²) in [5.74, 6) is -0.527. The standard InChI is InChI=1S/C17H16N4O2.C17H15N3O2/c1-10-7-12(5-6-18-10)17-13-8-11-3-4-16(22)21(23)14(11)9-15(13)20(2)19-17;1-10-6-12(4-5-18-10)17-14-7-11-2-3-16(21)20(22)15(11)8-13(14)9-19-17/h5-9,23H,3-4H2,1-2H3;4-8,22H,2-3,9H2,1H3. The largest absolute Gasteiger partial charge is 0.281 e. The van der Waals surface area contributed by atoms with Gasteiger partial charge in [-0.25, -0.2) is 0 Å². The molecule has 0 aliphatic carbocycles. The van der Waals surface area contributed by atoms with Gasteiger partial charge in [-0.15, -0.1) is 0 Å². The van der Waals surface area contributed by atoms with Gasteiger partial charge in [0.15, 0.2) is 0 Å². The highest BCUT2D eigenvalue weighted by atomic mass is 16.5. The molecule has 0 bridgehead atoms. The lowest BCUT2D eigenvalue weighted by Gasteiger charge is -2.24. The van der Waals surface area contributed by atoms with Crippen LogP contribution >= 0.6 is 0 Å². The Balaban J connectivity index is 0.000000145. The summed E-state index contributed by atoms with van der Waals surface area (Å²) in [6, 6.07) is 15.7. The number of rotatable bonds is 2. The summed E-state index contributed by atoms with van der Waals surface area (Å²) in [6.07, 6.45) is 5.50. The molecule has 0 spiro atoms. The fraction of sp³-hybridized carbons (Fsp3) is 0.235. The zero-order chi connectivity index (χ0) is 31.4. The first kappa shape index (κ1) is 28.5. The molecule has 11 heteroatoms. The first-order chi connectivity index (χ1) is 21.7. The third kappa shape index (κ3) is 5.05. The molecule has 0 radical (unpaired) electrons. The van der Waals surface area contributed by atoms with Crippen LogP contribution in [-0.2, 0) is 36.0 Å². The van der Waals surface area contributed by atoms with Crippen LogP contribution in [0.3, 0.4) is 0 Å². The number of aromatic nitrogens is 4. The number of carbonyl (C=O) groups excluding carboxylic acids is 2. The van der Waals surface area contributed by atoms with Crippen molar-refractivity contribution in [3.05, 3.63) is 100 Å². The maximum atomic E-state index is 11.7. The Morgan fingerprint density at radius 2 is 1.31 bits per heavy atom. The highest BCUT2D eigenvalue weighted by Crippen LogP contribution is 2.36. The highest BCUT2D eigenvalue weighted by molar-refractivity contribution is 6.15. The summed E-state index contributed by atoms with van der Waals surface area (Å²) >= 11 is 0. The summed E-state index contributed by atoms with van der Waals surface area (Å²) in [5, 5.41) is 27.1. The van der Waals surface area contributed by atoms with E-state index in [-0.39, 0.29) is 11.8 Å². The minimum Gasteiger partial charge on any atom is -0.281 e. The number of hydroxylamine groups is 2. The van der Waals surface area contributed by atoms with Gasteiger partial charge in [0.05, 0.1) is 29.1 Å². The second kappa shape index (κ2) is 11.0. The van der Waals surface area contributed by atoms with Crippen molar-refractivity contribution in [2.24, 2.45) is 12.0 Å². The highest BCUT2D eigenvalue weighted by Gasteiger charge is 2.28. The zero-order valence-electron chi connectivity index (χ0n) is 25.2. The van der Waals surface area contributed by atoms with Gasteiger partial charge in [-0.05, 0) is 91.9 Å². The van der Waals surface area contributed by atoms with Crippen LogP contribution in [0.1, 0.15) is 52.0 Å². The predicted octanol–water partition coefficient (Wildman–Crippen LogP) is 5.02. The molecule has 8 rings (SSSR count). The van der Waals surface area contributed by atoms with Crippen LogP contribution in [0.2, 0.25) is 0 Å². The van der Waals surface area contributed by atoms with E-state index in [1.807, 2.05) is 63.4 Å². The van der Waals surface area contributed by atoms with Gasteiger partial charge in [0.1, 0.15) is 5.69 Å². The monoisotopic (exact) mass is 601 g/mol. The molecule has 226 valence electrons. The molecule has 3 aromatic heterocycles. The number of nitrogens with zero attached hydrogens (tertiary/aromatic N) is 7. The number of pyridine rings is 2. The molecule has 0 saturated heterocycles. The van der Waals surface area contributed by atoms with E-state index in [0.29, 0.717) is 43.6 Å². The Morgan fingerprint density at radius 3 is 1.98 bits per heavy atom. The minimum atomic E-state index is -0.274. The van der Waals surface area contributed by atoms with Crippen molar-refractivity contribution in [3.8, 4) is 11.3 Å². The van der Waals surface area contributed by atoms with Crippen LogP contribution < -0.4 is 10.1 Å². The van der Waals surface area contributed by atoms with Crippen LogP contribution in [0.5, 0.6) is 0 Å². The number of amides is 2. The predicted molar refractivity (Wildman–Crippen MR) is 169 cm³/mol. The van der Waals surface area contributed by atoms with Gasteiger partial charge in [0.2, 0.25) is 0 Å². The summed E-state index contributed by atoms with van der Waals surface area (Å²) in [6.45, 7) is 4.48. The lowest BCUT2D eigenvalue weighted by Crippen LogP contribution is -2.32. The quantitative estimate of drug-likeness (QED) is 0.271. The number of carbonyl (C=O) groups is 2. The molecule has 5 aromatic rings. The Hall–Kier alpha value is -5.26. The summed E-state index contributed by atoms with van der Waals surface area (Å²) in [5.41, 5.74) is 11.9. The second-order valence-corrected chi connectivity index (χ2v) is 11.6. The summed E-state index contributed by atoms with van der Waals surface area (Å²) in [4.78, 5) is 36.4. The minimum absolute atomic E-state index is 0.253. The SMILES string of the molecule is Cc1cc(-c2nn(C)c3cc4c(cc23)CCC(=O)N4O)ccn1.Cc1cc(C2=NCc3cc4c(cc32)CCC(=O)N4O)ccn1. The summed E-state index contributed by atoms with van der Waals surface area (Å²) in [7, 11) is 1.86. The van der Waals surface area contributed by atoms with Crippen LogP contribution in [0.25, 0.3) is 22.2 Å². The van der Waals surface area contributed by atoms with E-state index in [1.54, 1.807) is 17.1 Å². The fourth-order valence-electron chi connectivity index (χ4n) is 6.22. The van der Waals surface area contributed by atoms with E-state index in [4.69, 9.17) is 0 Å². The fourth-order valence-corrected chi connectivity index (χ4v) is 6.22. The number of benzene rings is 2. The second-order valence-electron chi connectivity index (χ2n) is 11.6. The maximum absolute atomic E-state index is 11.7. The first-order valence-electron chi connectivity index (χ1n) is 14.8. The van der Waals surface area contributed by atoms with Gasteiger partial charge in [0.25, 0.3) is 11.8 Å². The maximum Gasteiger partial charge on any atom is 0.251 e. The molecule has 6 heterocycles. The molecule has 0 saturated carbocycles. The number of anilines is 2. The molecule has 2 aromatic carbocycles. The third-order valence-corrected chi connectivity index (χ3v) is 8.50. The smallest absolute Gasteiger partial charge is 0.251 e. The Kier molecular flexibility index (Phi) is 6.99. The first-order valence-corrected chi connectivity index (χ1v) is 14.8. The zero-order valence-corrected chi connectivity index (χ0v) is 25.2. The number of aryl methyl sites for hydroxylation is 5. The molecule has 2 amide bonds. The number of fused-ring (bicyclic) bond motifs is 4. The molecular formula is C34H31N7O4. The molecule has 0 atom stereocenters. The van der Waals surface area contributed by atoms with E-state index >= 15 is 0 Å². The van der Waals surface area contributed by atoms with Crippen molar-refractivity contribution in [1.82, 2.24) is 19.7 Å². The van der Waals surface area contributed by atoms with Crippen molar-refractivity contribution < 1.29 is 20.0 Å². The lowest BCUT2D eigenvalue weighted by molar-refractivity contribution is -0.124. The number of hydrogen-bond acceptors (Lipinski definition) is 8. The average Bonchev–Trinajstić information content (AvgIpc) is 3.60. The van der Waals surface area contributed by atoms with Crippen LogP contribution in [0, 0.1) is 13.8 Å². The Morgan fingerprint density at radius 1 is 0.711 bits per heavy atom. The number of aliphatic imine (C=N–C) groups is 1. The molecular weight excluding hydrogens is 570 g/mol. The average molecular weight is 602 g/mol. The van der Waals surface area contributed by atoms with Gasteiger partial charge in [0, 0.05) is 65.7 Å². The summed E-state index contributed by atoms with van der Waals surface area (Å²) < 4.78 is 1.77. The van der Waals surface area contributed by atoms with Gasteiger partial charge in [-0.1, -0.05) is 0 Å². The molecule has 0 unspecified atom stereocenters. The molecule has 3 aliphatic heterocycles. The van der Waals surface area contributed by atoms with Gasteiger partial charge in [-0.3, -0.25) is 39.6 Å². The van der Waals surface area contributed by atoms with Crippen molar-refractivity contribution in [2.75, 3.05) is 10.1 Å². The van der Waals surface area contributed by atoms with E-state index in [9.17, 15) is 20.0 Å². The molecule has 45 heavy (non-hydrogen) atoms. The lowest BCUT2D eigenvalue weighted by atomic mass is 9.93. The van der Waals surface area contributed by atoms with E-state index in [1.165, 1.54) is 0 Å². The topological polar surface area (TPSA) is 137 Å². The van der Waals surface area contributed by atoms with Crippen LogP contribution in [0.15, 0.2) is 65.9 Å². The number of hydrogen-bond donors (Lipinski definition) is 2. The van der Waals surface area contributed by atoms with Crippen LogP contribution in [0.4, 0.5) is 11.4 Å². The van der Waals surface area contributed by atoms with Crippen molar-refractivity contribution in [3.63, 3.8) is 0 Å². The van der Waals surface area contributed by atoms with Gasteiger partial charge < -0.3 is 0 Å². The van der Waals surface area contributed by atoms with Gasteiger partial charge >= 0.3 is 0 Å². The van der Waals surface area contributed by atoms with E-state index in [0.717, 1.165) is 77.2 Å². The molecule has 2 N–H and O–H groups in total. The molecule has 11 nitrogen and oxygen atoms in total. The van der Waals surface area contributed by atoms with Crippen molar-refractivity contribution in [1.29, 1.82) is 0 Å². The van der Waals surface area contributed by atoms with Gasteiger partial charge in [-0.2, -0.15) is 15.2 Å². The van der Waals surface area contributed by atoms with E-state index < -0.39 is 0 Å². The third-order valence-electron chi connectivity index (χ3n) is 8.50. The molecule has 0 fully saturated rings. The molecule has 3 aliphatic rings. The Labute approximate surface area is 259 Å². The van der Waals surface area contributed by atoms with Crippen molar-refractivity contribution >= 4 is 39.8 Å². The normalized spacial score (nSPS) is 15.4.